The molecule has 3 aromatic carbocycles. The van der Waals surface area contributed by atoms with Crippen molar-refractivity contribution in [2.75, 3.05) is 342 Å². The third-order valence-corrected chi connectivity index (χ3v) is 23.7. The summed E-state index contributed by atoms with van der Waals surface area (Å²) in [6, 6.07) is 9.91. The van der Waals surface area contributed by atoms with Crippen molar-refractivity contribution in [2.45, 2.75) is 131 Å². The highest BCUT2D eigenvalue weighted by molar-refractivity contribution is 7.87. The van der Waals surface area contributed by atoms with Crippen molar-refractivity contribution in [2.24, 2.45) is 0 Å². The van der Waals surface area contributed by atoms with E-state index in [0.717, 1.165) is 41.7 Å². The Balaban J connectivity index is 0.759. The van der Waals surface area contributed by atoms with Crippen LogP contribution in [0.2, 0.25) is 0 Å². The topological polar surface area (TPSA) is 437 Å². The van der Waals surface area contributed by atoms with E-state index < -0.39 is 51.0 Å². The Morgan fingerprint density at radius 1 is 0.393 bits per heavy atom. The average molecular weight is 1980 g/mol. The number of carbonyl (C=O) groups is 2. The molecule has 4 N–H and O–H groups in total. The fourth-order valence-corrected chi connectivity index (χ4v) is 16.1. The number of unbranched alkanes of at least 4 members (excludes halogenated alkanes) is 5. The summed E-state index contributed by atoms with van der Waals surface area (Å²) in [5, 5.41) is 3.25. The Morgan fingerprint density at radius 3 is 1.11 bits per heavy atom. The number of Topliss-reactive ketones (excluding diaryl/α,β-unsaturated/α-hetero) is 1. The lowest BCUT2D eigenvalue weighted by atomic mass is 9.75. The number of ether oxygens (including phenoxy) is 24. The van der Waals surface area contributed by atoms with E-state index in [1.54, 1.807) is 32.2 Å². The van der Waals surface area contributed by atoms with Crippen molar-refractivity contribution in [1.82, 2.24) is 5.32 Å². The van der Waals surface area contributed by atoms with Gasteiger partial charge in [-0.05, 0) is 107 Å². The maximum Gasteiger partial charge on any atom is 0.295 e. The lowest BCUT2D eigenvalue weighted by molar-refractivity contribution is -0.438. The van der Waals surface area contributed by atoms with E-state index in [0.29, 0.717) is 399 Å². The predicted octanol–water partition coefficient (Wildman–Crippen LogP) is 8.77. The van der Waals surface area contributed by atoms with Crippen LogP contribution in [0, 0.1) is 0 Å². The van der Waals surface area contributed by atoms with Crippen molar-refractivity contribution >= 4 is 69.9 Å². The zero-order valence-corrected chi connectivity index (χ0v) is 83.0. The smallest absolute Gasteiger partial charge is 0.295 e. The number of carbonyl (C=O) groups excluding carboxylic acids is 2. The van der Waals surface area contributed by atoms with E-state index >= 15 is 0 Å². The Bertz CT molecular complexity index is 4140. The summed E-state index contributed by atoms with van der Waals surface area (Å²) < 4.78 is 241. The van der Waals surface area contributed by atoms with Gasteiger partial charge in [0.05, 0.1) is 326 Å². The van der Waals surface area contributed by atoms with Crippen LogP contribution in [0.1, 0.15) is 116 Å². The minimum absolute atomic E-state index is 0.0731. The summed E-state index contributed by atoms with van der Waals surface area (Å²) in [5.74, 6) is -0.0232. The molecule has 2 aliphatic rings. The summed E-state index contributed by atoms with van der Waals surface area (Å²) in [4.78, 5) is 25.3. The van der Waals surface area contributed by atoms with Gasteiger partial charge in [0, 0.05) is 79.4 Å². The van der Waals surface area contributed by atoms with Crippen LogP contribution >= 0.6 is 0 Å². The quantitative estimate of drug-likeness (QED) is 0.0177. The van der Waals surface area contributed by atoms with Crippen molar-refractivity contribution in [3.05, 3.63) is 89.7 Å². The molecule has 0 radical (unpaired) electrons. The summed E-state index contributed by atoms with van der Waals surface area (Å²) in [6.45, 7) is 32.7. The second-order valence-corrected chi connectivity index (χ2v) is 36.1. The third-order valence-electron chi connectivity index (χ3n) is 21.1. The first kappa shape index (κ1) is 120. The highest BCUT2D eigenvalue weighted by Gasteiger charge is 2.46. The molecule has 1 atom stereocenters. The van der Waals surface area contributed by atoms with Crippen LogP contribution in [0.4, 0.5) is 11.4 Å². The van der Waals surface area contributed by atoms with Gasteiger partial charge in [-0.1, -0.05) is 50.5 Å². The zero-order valence-electron chi connectivity index (χ0n) is 80.6. The van der Waals surface area contributed by atoms with Crippen LogP contribution in [-0.4, -0.2) is 398 Å². The minimum Gasteiger partial charge on any atom is -0.382 e. The zero-order chi connectivity index (χ0) is 97.5. The van der Waals surface area contributed by atoms with Crippen molar-refractivity contribution in [3.63, 3.8) is 0 Å². The molecule has 2 aliphatic heterocycles. The van der Waals surface area contributed by atoms with Crippen LogP contribution in [0.15, 0.2) is 93.2 Å². The van der Waals surface area contributed by atoms with Crippen molar-refractivity contribution in [1.29, 1.82) is 0 Å². The van der Waals surface area contributed by atoms with E-state index in [-0.39, 0.29) is 27.4 Å². The summed E-state index contributed by atoms with van der Waals surface area (Å²) in [5.41, 5.74) is 2.97. The molecule has 774 valence electrons. The second-order valence-electron chi connectivity index (χ2n) is 31.9. The lowest BCUT2D eigenvalue weighted by Crippen LogP contribution is -2.29. The third kappa shape index (κ3) is 52.7. The van der Waals surface area contributed by atoms with Gasteiger partial charge in [-0.3, -0.25) is 18.5 Å². The van der Waals surface area contributed by atoms with Gasteiger partial charge in [-0.25, -0.2) is 0 Å². The van der Waals surface area contributed by atoms with E-state index in [1.807, 2.05) is 51.2 Å². The number of rotatable bonds is 93. The highest BCUT2D eigenvalue weighted by atomic mass is 32.2. The van der Waals surface area contributed by atoms with Gasteiger partial charge < -0.3 is 129 Å². The average Bonchev–Trinajstić information content (AvgIpc) is 1.56. The highest BCUT2D eigenvalue weighted by Crippen LogP contribution is 2.54. The molecular weight excluding hydrogens is 1830 g/mol. The number of methoxy groups -OCH3 is 1. The Hall–Kier alpha value is -5.48. The fraction of sp³-hybridized carbons (Fsp3) is 0.734. The standard InChI is InChI=1S/C94H155N3O35S3/c1-7-8-28-97-87-25-23-83-84(77-82(134(103,104)105)79-88(83)135(106,107)108)92(87)94(5,26-16-10-12-18-80(2)98)90(97)20-14-9-13-19-89-93(3,4)85-78-81(133(100,101)102)22-24-86(85)96(89)29-17-11-15-21-91(99)95-27-30-110-33-34-112-37-38-114-41-42-116-45-46-118-49-50-120-53-54-122-57-58-124-61-62-126-65-66-128-69-70-130-73-74-132-76-75-131-72-71-129-68-67-127-64-63-125-60-59-123-56-55-121-52-51-119-48-47-117-44-43-115-40-39-113-36-35-111-32-31-109-6/h9,13-14,19-20,22-25,77-79H,7-8,10-12,15-18,21,26-76H2,1-6H3,(H3-,95,99,100,101,102,103,104,105,106,107,108)/p+1. The number of hydrogen-bond acceptors (Lipinski definition) is 33. The number of fused-ring (bicyclic) bond motifs is 4. The minimum atomic E-state index is -4.97. The summed E-state index contributed by atoms with van der Waals surface area (Å²) >= 11 is 0. The Kier molecular flexibility index (Phi) is 66.2. The van der Waals surface area contributed by atoms with E-state index in [9.17, 15) is 48.5 Å². The van der Waals surface area contributed by atoms with Crippen LogP contribution in [0.5, 0.6) is 0 Å². The van der Waals surface area contributed by atoms with Crippen LogP contribution in [0.25, 0.3) is 10.8 Å². The number of nitrogens with zero attached hydrogens (tertiary/aromatic N) is 2. The first-order chi connectivity index (χ1) is 65.5. The molecular formula is C94H156N3O35S3+. The Labute approximate surface area is 800 Å². The molecule has 1 unspecified atom stereocenters. The first-order valence-electron chi connectivity index (χ1n) is 47.2. The summed E-state index contributed by atoms with van der Waals surface area (Å²) in [7, 11) is -12.8. The number of hydrogen-bond donors (Lipinski definition) is 4. The van der Waals surface area contributed by atoms with Crippen LogP contribution in [-0.2, 0) is 164 Å². The number of ketones is 1. The van der Waals surface area contributed by atoms with Crippen molar-refractivity contribution in [3.8, 4) is 0 Å². The molecule has 0 saturated carbocycles. The molecule has 135 heavy (non-hydrogen) atoms. The SMILES string of the molecule is CCCCN1C(=CC=CC=CC2=[N+](CCCCCC(=O)NCCOCCOCCOCCOCCOCCOCCOCCOCCOCCOCCOCCOCCOCCOCCOCCOCCOCCOCCOCCOCCOCCOCCOCCOC)c3ccc(S(=O)(=O)O)cc3C2(C)C)C(C)(CCCCCC(C)=O)c2c1ccc1c(S(=O)(=O)O)cc(S(=O)(=O)O)cc21. The number of benzene rings is 3. The lowest BCUT2D eigenvalue weighted by Gasteiger charge is -2.31. The van der Waals surface area contributed by atoms with Gasteiger partial charge in [0.25, 0.3) is 30.4 Å². The van der Waals surface area contributed by atoms with Gasteiger partial charge in [0.2, 0.25) is 11.6 Å². The summed E-state index contributed by atoms with van der Waals surface area (Å²) in [6.07, 6.45) is 16.5. The number of anilines is 1. The Morgan fingerprint density at radius 2 is 0.756 bits per heavy atom. The van der Waals surface area contributed by atoms with Gasteiger partial charge >= 0.3 is 0 Å². The van der Waals surface area contributed by atoms with Crippen molar-refractivity contribution < 1.29 is 167 Å². The molecule has 38 nitrogen and oxygen atoms in total. The normalized spacial score (nSPS) is 14.9. The van der Waals surface area contributed by atoms with Gasteiger partial charge in [0.1, 0.15) is 17.2 Å². The fourth-order valence-electron chi connectivity index (χ4n) is 14.3. The van der Waals surface area contributed by atoms with Gasteiger partial charge in [0.15, 0.2) is 5.71 Å². The molecule has 0 bridgehead atoms. The molecule has 1 amide bonds. The maximum atomic E-state index is 12.9. The number of allylic oxidation sites excluding steroid dienone is 6. The molecule has 0 spiro atoms. The maximum absolute atomic E-state index is 12.9. The number of nitrogens with one attached hydrogen (secondary N) is 1. The largest absolute Gasteiger partial charge is 0.382 e. The molecule has 5 rings (SSSR count). The molecule has 0 aliphatic carbocycles. The van der Waals surface area contributed by atoms with Gasteiger partial charge in [-0.15, -0.1) is 0 Å². The predicted molar refractivity (Wildman–Crippen MR) is 505 cm³/mol. The van der Waals surface area contributed by atoms with Gasteiger partial charge in [-0.2, -0.15) is 29.8 Å². The van der Waals surface area contributed by atoms with Crippen LogP contribution < -0.4 is 10.2 Å². The molecule has 0 saturated heterocycles. The second kappa shape index (κ2) is 74.5. The van der Waals surface area contributed by atoms with E-state index in [2.05, 4.69) is 21.7 Å². The molecule has 3 aromatic rings. The molecule has 41 heteroatoms. The van der Waals surface area contributed by atoms with E-state index in [4.69, 9.17) is 114 Å². The molecule has 2 heterocycles. The van der Waals surface area contributed by atoms with E-state index in [1.165, 1.54) is 18.2 Å². The number of amides is 1. The molecule has 0 fully saturated rings. The first-order valence-corrected chi connectivity index (χ1v) is 51.5. The molecule has 0 aromatic heterocycles. The van der Waals surface area contributed by atoms with Crippen LogP contribution in [0.3, 0.4) is 0 Å². The monoisotopic (exact) mass is 1980 g/mol.